The zero-order valence-electron chi connectivity index (χ0n) is 4.24. The molecule has 0 aromatic carbocycles. The lowest BCUT2D eigenvalue weighted by atomic mass is 10.3. The van der Waals surface area contributed by atoms with Gasteiger partial charge in [0, 0.05) is 6.42 Å². The van der Waals surface area contributed by atoms with Gasteiger partial charge in [-0.25, -0.2) is 0 Å². The first-order valence-electron chi connectivity index (χ1n) is 2.12. The van der Waals surface area contributed by atoms with E-state index >= 15 is 0 Å². The fourth-order valence-corrected chi connectivity index (χ4v) is 0.239. The van der Waals surface area contributed by atoms with Crippen LogP contribution in [0.1, 0.15) is 6.42 Å². The van der Waals surface area contributed by atoms with E-state index in [1.807, 2.05) is 0 Å². The molecule has 0 radical (unpaired) electrons. The largest absolute Gasteiger partial charge is 0.396 e. The van der Waals surface area contributed by atoms with E-state index in [0.717, 1.165) is 6.21 Å². The number of carbonyl (C=O) groups is 1. The van der Waals surface area contributed by atoms with Crippen LogP contribution >= 0.6 is 0 Å². The van der Waals surface area contributed by atoms with Crippen molar-refractivity contribution in [2.45, 2.75) is 6.42 Å². The Morgan fingerprint density at radius 1 is 1.88 bits per heavy atom. The first-order chi connectivity index (χ1) is 3.81. The minimum atomic E-state index is -0.380. The molecule has 0 saturated carbocycles. The summed E-state index contributed by atoms with van der Waals surface area (Å²) in [7, 11) is 0. The summed E-state index contributed by atoms with van der Waals surface area (Å²) in [6.07, 6.45) is 0.778. The molecular weight excluding hydrogens is 108 g/mol. The topological polar surface area (TPSA) is 73.7 Å². The molecule has 0 fully saturated rings. The maximum absolute atomic E-state index is 10.2. The van der Waals surface area contributed by atoms with E-state index in [9.17, 15) is 4.79 Å². The van der Waals surface area contributed by atoms with Gasteiger partial charge >= 0.3 is 6.21 Å². The number of aliphatic hydroxyl groups excluding tert-OH is 1. The summed E-state index contributed by atoms with van der Waals surface area (Å²) in [5.41, 5.74) is 7.73. The average Bonchev–Trinajstić information content (AvgIpc) is 1.68. The van der Waals surface area contributed by atoms with Crippen LogP contribution in [0.5, 0.6) is 0 Å². The molecule has 0 aromatic rings. The zero-order chi connectivity index (χ0) is 6.41. The van der Waals surface area contributed by atoms with Crippen molar-refractivity contribution >= 4 is 12.0 Å². The Kier molecular flexibility index (Phi) is 3.66. The summed E-state index contributed by atoms with van der Waals surface area (Å²) in [4.78, 5) is 12.6. The van der Waals surface area contributed by atoms with Crippen LogP contribution in [0, 0.1) is 0 Å². The normalized spacial score (nSPS) is 7.62. The number of ketones is 1. The van der Waals surface area contributed by atoms with Gasteiger partial charge in [0.1, 0.15) is 0 Å². The maximum Gasteiger partial charge on any atom is 0.323 e. The molecule has 4 nitrogen and oxygen atoms in total. The summed E-state index contributed by atoms with van der Waals surface area (Å²) < 4.78 is 0. The number of nitrogens with zero attached hydrogens (tertiary/aromatic N) is 2. The van der Waals surface area contributed by atoms with Crippen molar-refractivity contribution in [1.82, 2.24) is 0 Å². The lowest BCUT2D eigenvalue weighted by Gasteiger charge is -1.78. The van der Waals surface area contributed by atoms with Gasteiger partial charge in [0.15, 0.2) is 0 Å². The Bertz CT molecular complexity index is 126. The quantitative estimate of drug-likeness (QED) is 0.297. The highest BCUT2D eigenvalue weighted by atomic mass is 16.3. The summed E-state index contributed by atoms with van der Waals surface area (Å²) in [6.45, 7) is -0.204. The first-order valence-corrected chi connectivity index (χ1v) is 2.12. The highest BCUT2D eigenvalue weighted by Gasteiger charge is 1.97. The standard InChI is InChI=1S/C4H6N2O2/c5-6-3-4(8)1-2-7/h3,7H,1-2H2. The second-order valence-electron chi connectivity index (χ2n) is 1.18. The van der Waals surface area contributed by atoms with Crippen LogP contribution in [0.25, 0.3) is 5.53 Å². The maximum atomic E-state index is 10.2. The highest BCUT2D eigenvalue weighted by molar-refractivity contribution is 6.25. The van der Waals surface area contributed by atoms with E-state index in [1.54, 1.807) is 0 Å². The SMILES string of the molecule is [N-]=[N+]=CC(=O)CCO. The van der Waals surface area contributed by atoms with E-state index in [0.29, 0.717) is 0 Å². The minimum absolute atomic E-state index is 0.0179. The first kappa shape index (κ1) is 7.01. The van der Waals surface area contributed by atoms with Crippen molar-refractivity contribution in [1.29, 1.82) is 0 Å². The Morgan fingerprint density at radius 2 is 2.50 bits per heavy atom. The van der Waals surface area contributed by atoms with Gasteiger partial charge in [-0.1, -0.05) is 0 Å². The van der Waals surface area contributed by atoms with Gasteiger partial charge in [0.2, 0.25) is 5.78 Å². The minimum Gasteiger partial charge on any atom is -0.396 e. The summed E-state index contributed by atoms with van der Waals surface area (Å²) in [5.74, 6) is -0.380. The van der Waals surface area contributed by atoms with Crippen molar-refractivity contribution in [3.8, 4) is 0 Å². The van der Waals surface area contributed by atoms with Crippen LogP contribution in [0.2, 0.25) is 0 Å². The molecule has 0 amide bonds. The Balaban J connectivity index is 3.49. The number of Topliss-reactive ketones (excluding diaryl/α,β-unsaturated/α-hetero) is 1. The molecular formula is C4H6N2O2. The molecule has 0 unspecified atom stereocenters. The van der Waals surface area contributed by atoms with Gasteiger partial charge in [0.05, 0.1) is 6.61 Å². The molecule has 0 aliphatic heterocycles. The van der Waals surface area contributed by atoms with Crippen molar-refractivity contribution in [2.24, 2.45) is 0 Å². The van der Waals surface area contributed by atoms with Crippen LogP contribution < -0.4 is 0 Å². The van der Waals surface area contributed by atoms with Gasteiger partial charge in [-0.15, -0.1) is 0 Å². The second-order valence-corrected chi connectivity index (χ2v) is 1.18. The van der Waals surface area contributed by atoms with Gasteiger partial charge in [-0.2, -0.15) is 4.79 Å². The third kappa shape index (κ3) is 3.21. The van der Waals surface area contributed by atoms with Crippen molar-refractivity contribution in [3.63, 3.8) is 0 Å². The van der Waals surface area contributed by atoms with E-state index < -0.39 is 0 Å². The third-order valence-corrected chi connectivity index (χ3v) is 0.560. The van der Waals surface area contributed by atoms with Crippen LogP contribution in [0.15, 0.2) is 0 Å². The Hall–Kier alpha value is -0.990. The second kappa shape index (κ2) is 4.18. The number of aliphatic hydroxyl groups is 1. The monoisotopic (exact) mass is 114 g/mol. The molecule has 0 aliphatic carbocycles. The molecule has 44 valence electrons. The molecule has 0 aromatic heterocycles. The van der Waals surface area contributed by atoms with Crippen molar-refractivity contribution < 1.29 is 14.7 Å². The van der Waals surface area contributed by atoms with Crippen LogP contribution in [-0.4, -0.2) is 28.5 Å². The lowest BCUT2D eigenvalue weighted by molar-refractivity contribution is -0.116. The zero-order valence-corrected chi connectivity index (χ0v) is 4.24. The molecule has 1 N–H and O–H groups in total. The van der Waals surface area contributed by atoms with Crippen LogP contribution in [0.3, 0.4) is 0 Å². The predicted octanol–water partition coefficient (Wildman–Crippen LogP) is -0.762. The highest BCUT2D eigenvalue weighted by Crippen LogP contribution is 1.72. The number of hydrogen-bond acceptors (Lipinski definition) is 2. The van der Waals surface area contributed by atoms with E-state index in [4.69, 9.17) is 10.6 Å². The molecule has 4 heteroatoms. The average molecular weight is 114 g/mol. The van der Waals surface area contributed by atoms with E-state index in [1.165, 1.54) is 0 Å². The smallest absolute Gasteiger partial charge is 0.323 e. The number of hydrogen-bond donors (Lipinski definition) is 1. The number of carbonyl (C=O) groups excluding carboxylic acids is 1. The molecule has 8 heavy (non-hydrogen) atoms. The van der Waals surface area contributed by atoms with Gasteiger partial charge in [-0.3, -0.25) is 4.79 Å². The van der Waals surface area contributed by atoms with Crippen LogP contribution in [0.4, 0.5) is 0 Å². The molecule has 0 heterocycles. The molecule has 0 saturated heterocycles. The molecule has 0 aliphatic rings. The predicted molar refractivity (Wildman–Crippen MR) is 26.4 cm³/mol. The van der Waals surface area contributed by atoms with Gasteiger partial charge in [0.25, 0.3) is 0 Å². The van der Waals surface area contributed by atoms with Crippen molar-refractivity contribution in [2.75, 3.05) is 6.61 Å². The number of rotatable bonds is 3. The molecule has 0 spiro atoms. The fourth-order valence-electron chi connectivity index (χ4n) is 0.239. The van der Waals surface area contributed by atoms with Crippen LogP contribution in [-0.2, 0) is 4.79 Å². The Morgan fingerprint density at radius 3 is 2.88 bits per heavy atom. The summed E-state index contributed by atoms with van der Waals surface area (Å²) >= 11 is 0. The van der Waals surface area contributed by atoms with E-state index in [2.05, 4.69) is 4.79 Å². The summed E-state index contributed by atoms with van der Waals surface area (Å²) in [6, 6.07) is 0. The molecule has 0 rings (SSSR count). The van der Waals surface area contributed by atoms with E-state index in [-0.39, 0.29) is 18.8 Å². The molecule has 0 bridgehead atoms. The Labute approximate surface area is 46.4 Å². The third-order valence-electron chi connectivity index (χ3n) is 0.560. The summed E-state index contributed by atoms with van der Waals surface area (Å²) in [5, 5.41) is 8.10. The lowest BCUT2D eigenvalue weighted by Crippen LogP contribution is -2.01. The van der Waals surface area contributed by atoms with Crippen molar-refractivity contribution in [3.05, 3.63) is 5.53 Å². The van der Waals surface area contributed by atoms with Gasteiger partial charge in [-0.05, 0) is 0 Å². The molecule has 0 atom stereocenters. The van der Waals surface area contributed by atoms with Gasteiger partial charge < -0.3 is 10.6 Å². The fraction of sp³-hybridized carbons (Fsp3) is 0.500.